The van der Waals surface area contributed by atoms with E-state index in [2.05, 4.69) is 10.6 Å². The predicted octanol–water partition coefficient (Wildman–Crippen LogP) is 1.12. The molecule has 0 spiro atoms. The summed E-state index contributed by atoms with van der Waals surface area (Å²) in [4.78, 5) is 35.2. The fourth-order valence-corrected chi connectivity index (χ4v) is 2.02. The molecule has 2 N–H and O–H groups in total. The number of anilines is 1. The summed E-state index contributed by atoms with van der Waals surface area (Å²) >= 11 is 0. The van der Waals surface area contributed by atoms with Crippen molar-refractivity contribution in [2.75, 3.05) is 5.32 Å². The van der Waals surface area contributed by atoms with Crippen molar-refractivity contribution in [1.82, 2.24) is 5.32 Å². The van der Waals surface area contributed by atoms with E-state index >= 15 is 0 Å². The molecule has 124 valence electrons. The van der Waals surface area contributed by atoms with E-state index in [0.29, 0.717) is 11.3 Å². The van der Waals surface area contributed by atoms with Crippen molar-refractivity contribution < 1.29 is 19.5 Å². The third-order valence-electron chi connectivity index (χ3n) is 3.43. The van der Waals surface area contributed by atoms with Crippen LogP contribution >= 0.6 is 0 Å². The largest absolute Gasteiger partial charge is 0.548 e. The fourth-order valence-electron chi connectivity index (χ4n) is 2.02. The lowest BCUT2D eigenvalue weighted by molar-refractivity contribution is -0.307. The monoisotopic (exact) mass is 325 g/mol. The highest BCUT2D eigenvalue weighted by molar-refractivity contribution is 6.09. The number of hydrogen-bond donors (Lipinski definition) is 2. The van der Waals surface area contributed by atoms with Crippen LogP contribution in [0.1, 0.15) is 33.2 Å². The number of aliphatic carboxylic acids is 1. The Bertz CT molecular complexity index is 769. The number of hydrogen-bond acceptors (Lipinski definition) is 4. The summed E-state index contributed by atoms with van der Waals surface area (Å²) in [6.45, 7) is 3.22. The first-order valence-electron chi connectivity index (χ1n) is 7.37. The van der Waals surface area contributed by atoms with E-state index in [9.17, 15) is 19.5 Å². The van der Waals surface area contributed by atoms with E-state index in [0.717, 1.165) is 5.56 Å². The predicted molar refractivity (Wildman–Crippen MR) is 87.5 cm³/mol. The van der Waals surface area contributed by atoms with Crippen LogP contribution in [0.2, 0.25) is 0 Å². The van der Waals surface area contributed by atoms with E-state index in [4.69, 9.17) is 0 Å². The minimum Gasteiger partial charge on any atom is -0.548 e. The molecule has 0 saturated heterocycles. The Balaban J connectivity index is 2.19. The summed E-state index contributed by atoms with van der Waals surface area (Å²) in [5.74, 6) is -2.35. The summed E-state index contributed by atoms with van der Waals surface area (Å²) in [6.07, 6.45) is 0. The van der Waals surface area contributed by atoms with Crippen molar-refractivity contribution in [3.63, 3.8) is 0 Å². The number of carbonyl (C=O) groups excluding carboxylic acids is 3. The highest BCUT2D eigenvalue weighted by Crippen LogP contribution is 2.16. The molecule has 0 heterocycles. The van der Waals surface area contributed by atoms with Crippen LogP contribution in [0.15, 0.2) is 48.5 Å². The number of nitrogens with one attached hydrogen (secondary N) is 2. The van der Waals surface area contributed by atoms with Gasteiger partial charge in [0.25, 0.3) is 11.8 Å². The molecule has 24 heavy (non-hydrogen) atoms. The second-order valence-corrected chi connectivity index (χ2v) is 5.38. The Morgan fingerprint density at radius 2 is 1.58 bits per heavy atom. The number of amides is 2. The van der Waals surface area contributed by atoms with E-state index in [-0.39, 0.29) is 11.5 Å². The van der Waals surface area contributed by atoms with Gasteiger partial charge in [0.1, 0.15) is 0 Å². The number of carboxylic acids is 1. The molecule has 0 aliphatic rings. The smallest absolute Gasteiger partial charge is 0.255 e. The fraction of sp³-hybridized carbons (Fsp3) is 0.167. The third-order valence-corrected chi connectivity index (χ3v) is 3.43. The highest BCUT2D eigenvalue weighted by atomic mass is 16.4. The molecule has 1 atom stereocenters. The molecule has 0 aliphatic carbocycles. The van der Waals surface area contributed by atoms with Gasteiger partial charge in [-0.05, 0) is 38.1 Å². The zero-order valence-electron chi connectivity index (χ0n) is 13.3. The van der Waals surface area contributed by atoms with Crippen LogP contribution < -0.4 is 15.7 Å². The second kappa shape index (κ2) is 7.41. The van der Waals surface area contributed by atoms with Gasteiger partial charge in [0, 0.05) is 5.56 Å². The number of benzene rings is 2. The van der Waals surface area contributed by atoms with Gasteiger partial charge in [-0.3, -0.25) is 9.59 Å². The van der Waals surface area contributed by atoms with Crippen LogP contribution in [-0.4, -0.2) is 23.8 Å². The molecular formula is C18H17N2O4-. The Kier molecular flexibility index (Phi) is 5.31. The van der Waals surface area contributed by atoms with E-state index in [1.807, 2.05) is 19.1 Å². The van der Waals surface area contributed by atoms with Gasteiger partial charge in [-0.1, -0.05) is 29.8 Å². The highest BCUT2D eigenvalue weighted by Gasteiger charge is 2.16. The normalized spacial score (nSPS) is 11.4. The Morgan fingerprint density at radius 3 is 2.21 bits per heavy atom. The maximum absolute atomic E-state index is 12.3. The molecule has 1 unspecified atom stereocenters. The van der Waals surface area contributed by atoms with Crippen molar-refractivity contribution in [2.45, 2.75) is 19.9 Å². The SMILES string of the molecule is Cc1ccc(C(=O)Nc2ccccc2C(=O)NC(C)C(=O)[O-])cc1. The van der Waals surface area contributed by atoms with Gasteiger partial charge in [-0.2, -0.15) is 0 Å². The number of para-hydroxylation sites is 1. The zero-order chi connectivity index (χ0) is 17.7. The molecule has 2 aromatic rings. The minimum atomic E-state index is -1.38. The average Bonchev–Trinajstić information content (AvgIpc) is 2.55. The van der Waals surface area contributed by atoms with Crippen molar-refractivity contribution >= 4 is 23.5 Å². The third kappa shape index (κ3) is 4.19. The first kappa shape index (κ1) is 17.2. The standard InChI is InChI=1S/C18H18N2O4/c1-11-7-9-13(10-8-11)16(21)20-15-6-4-3-5-14(15)17(22)19-12(2)18(23)24/h3-10,12H,1-2H3,(H,19,22)(H,20,21)(H,23,24)/p-1. The lowest BCUT2D eigenvalue weighted by Crippen LogP contribution is -2.46. The second-order valence-electron chi connectivity index (χ2n) is 5.38. The molecule has 2 aromatic carbocycles. The Hall–Kier alpha value is -3.15. The van der Waals surface area contributed by atoms with Crippen LogP contribution in [0, 0.1) is 6.92 Å². The molecule has 2 amide bonds. The quantitative estimate of drug-likeness (QED) is 0.860. The summed E-state index contributed by atoms with van der Waals surface area (Å²) in [7, 11) is 0. The molecule has 6 heteroatoms. The molecule has 0 aliphatic heterocycles. The summed E-state index contributed by atoms with van der Waals surface area (Å²) in [5, 5.41) is 15.7. The van der Waals surface area contributed by atoms with Gasteiger partial charge in [0.05, 0.1) is 23.3 Å². The minimum absolute atomic E-state index is 0.172. The zero-order valence-corrected chi connectivity index (χ0v) is 13.3. The maximum atomic E-state index is 12.3. The van der Waals surface area contributed by atoms with Gasteiger partial charge in [-0.25, -0.2) is 0 Å². The number of carbonyl (C=O) groups is 3. The summed E-state index contributed by atoms with van der Waals surface area (Å²) < 4.78 is 0. The van der Waals surface area contributed by atoms with Gasteiger partial charge >= 0.3 is 0 Å². The van der Waals surface area contributed by atoms with Gasteiger partial charge < -0.3 is 20.5 Å². The van der Waals surface area contributed by atoms with E-state index < -0.39 is 17.9 Å². The van der Waals surface area contributed by atoms with Crippen LogP contribution in [0.25, 0.3) is 0 Å². The molecule has 2 rings (SSSR count). The van der Waals surface area contributed by atoms with Gasteiger partial charge in [0.15, 0.2) is 0 Å². The van der Waals surface area contributed by atoms with Gasteiger partial charge in [-0.15, -0.1) is 0 Å². The van der Waals surface area contributed by atoms with Crippen LogP contribution in [0.3, 0.4) is 0 Å². The Labute approximate surface area is 139 Å². The van der Waals surface area contributed by atoms with Gasteiger partial charge in [0.2, 0.25) is 0 Å². The first-order chi connectivity index (χ1) is 11.4. The maximum Gasteiger partial charge on any atom is 0.255 e. The molecule has 6 nitrogen and oxygen atoms in total. The summed E-state index contributed by atoms with van der Waals surface area (Å²) in [5.41, 5.74) is 1.96. The van der Waals surface area contributed by atoms with Crippen molar-refractivity contribution in [3.05, 3.63) is 65.2 Å². The molecule has 0 radical (unpaired) electrons. The van der Waals surface area contributed by atoms with Crippen molar-refractivity contribution in [2.24, 2.45) is 0 Å². The van der Waals surface area contributed by atoms with E-state index in [1.165, 1.54) is 13.0 Å². The Morgan fingerprint density at radius 1 is 0.958 bits per heavy atom. The number of carboxylic acid groups (broad SMARTS) is 1. The lowest BCUT2D eigenvalue weighted by Gasteiger charge is -2.16. The molecule has 0 aromatic heterocycles. The van der Waals surface area contributed by atoms with E-state index in [1.54, 1.807) is 30.3 Å². The topological polar surface area (TPSA) is 98.3 Å². The van der Waals surface area contributed by atoms with Crippen LogP contribution in [0.5, 0.6) is 0 Å². The van der Waals surface area contributed by atoms with Crippen molar-refractivity contribution in [1.29, 1.82) is 0 Å². The molecular weight excluding hydrogens is 308 g/mol. The van der Waals surface area contributed by atoms with Crippen LogP contribution in [-0.2, 0) is 4.79 Å². The molecule has 0 fully saturated rings. The number of aryl methyl sites for hydroxylation is 1. The lowest BCUT2D eigenvalue weighted by atomic mass is 10.1. The summed E-state index contributed by atoms with van der Waals surface area (Å²) in [6, 6.07) is 12.2. The molecule has 0 bridgehead atoms. The van der Waals surface area contributed by atoms with Crippen molar-refractivity contribution in [3.8, 4) is 0 Å². The molecule has 0 saturated carbocycles. The number of rotatable bonds is 5. The average molecular weight is 325 g/mol. The van der Waals surface area contributed by atoms with Crippen LogP contribution in [0.4, 0.5) is 5.69 Å². The first-order valence-corrected chi connectivity index (χ1v) is 7.37.